The zero-order chi connectivity index (χ0) is 28.4. The van der Waals surface area contributed by atoms with E-state index in [1.54, 1.807) is 0 Å². The van der Waals surface area contributed by atoms with Crippen LogP contribution in [-0.2, 0) is 36.8 Å². The average Bonchev–Trinajstić information content (AvgIpc) is 3.10. The van der Waals surface area contributed by atoms with Crippen molar-refractivity contribution in [3.05, 3.63) is 10.4 Å². The molecule has 11 unspecified atom stereocenters. The number of hydrogen-bond acceptors (Lipinski definition) is 15. The second-order valence-corrected chi connectivity index (χ2v) is 11.2. The minimum absolute atomic E-state index is 0.122. The molecule has 38 heavy (non-hydrogen) atoms. The van der Waals surface area contributed by atoms with Crippen LogP contribution in [0.15, 0.2) is 5.11 Å². The Morgan fingerprint density at radius 2 is 1.66 bits per heavy atom. The van der Waals surface area contributed by atoms with Crippen LogP contribution < -0.4 is 5.32 Å². The van der Waals surface area contributed by atoms with E-state index < -0.39 is 96.0 Å². The monoisotopic (exact) mass is 593 g/mol. The molecule has 3 saturated heterocycles. The molecule has 11 atom stereocenters. The van der Waals surface area contributed by atoms with E-state index in [1.807, 2.05) is 5.32 Å². The zero-order valence-corrected chi connectivity index (χ0v) is 20.8. The normalized spacial score (nSPS) is 39.1. The summed E-state index contributed by atoms with van der Waals surface area (Å²) in [6, 6.07) is -0.917. The molecule has 0 aromatic carbocycles. The lowest BCUT2D eigenvalue weighted by Crippen LogP contribution is -2.58. The Hall–Kier alpha value is -1.77. The molecule has 0 saturated carbocycles. The molecule has 3 amide bonds. The number of aliphatic hydroxyl groups is 5. The first-order valence-electron chi connectivity index (χ1n) is 10.7. The quantitative estimate of drug-likeness (QED) is 0.0533. The number of phosphoric ester groups is 2. The maximum atomic E-state index is 12.3. The fraction of sp³-hybridized carbons (Fsp3) is 0.867. The summed E-state index contributed by atoms with van der Waals surface area (Å²) >= 11 is 0. The van der Waals surface area contributed by atoms with Gasteiger partial charge in [-0.2, -0.15) is 4.31 Å². The Bertz CT molecular complexity index is 1040. The summed E-state index contributed by atoms with van der Waals surface area (Å²) in [5.74, 6) is -0.573. The van der Waals surface area contributed by atoms with Gasteiger partial charge in [0.1, 0.15) is 36.6 Å². The van der Waals surface area contributed by atoms with Crippen molar-refractivity contribution in [2.75, 3.05) is 19.7 Å². The first-order valence-corrected chi connectivity index (χ1v) is 13.7. The largest absolute Gasteiger partial charge is 0.483 e. The second kappa shape index (κ2) is 12.2. The summed E-state index contributed by atoms with van der Waals surface area (Å²) in [5.41, 5.74) is 8.37. The Kier molecular flexibility index (Phi) is 9.86. The first-order chi connectivity index (χ1) is 17.7. The van der Waals surface area contributed by atoms with E-state index in [0.29, 0.717) is 0 Å². The highest BCUT2D eigenvalue weighted by Crippen LogP contribution is 2.61. The zero-order valence-electron chi connectivity index (χ0n) is 19.0. The highest BCUT2D eigenvalue weighted by molar-refractivity contribution is 7.61. The maximum Gasteiger partial charge on any atom is 0.483 e. The molecule has 21 nitrogen and oxygen atoms in total. The van der Waals surface area contributed by atoms with Gasteiger partial charge < -0.3 is 44.8 Å². The number of phosphoric acid groups is 2. The number of hydrogen-bond donors (Lipinski definition) is 8. The summed E-state index contributed by atoms with van der Waals surface area (Å²) in [6.07, 6.45) is -16.3. The molecule has 3 aliphatic heterocycles. The van der Waals surface area contributed by atoms with Crippen molar-refractivity contribution < 1.29 is 76.9 Å². The number of rotatable bonds is 10. The molecule has 0 bridgehead atoms. The second-order valence-electron chi connectivity index (χ2n) is 8.19. The van der Waals surface area contributed by atoms with E-state index in [1.165, 1.54) is 0 Å². The molecular weight excluding hydrogens is 568 g/mol. The van der Waals surface area contributed by atoms with E-state index in [0.717, 1.165) is 4.90 Å². The number of imide groups is 1. The maximum absolute atomic E-state index is 12.3. The number of carbonyl (C=O) groups excluding carboxylic acids is 2. The molecule has 3 fully saturated rings. The van der Waals surface area contributed by atoms with Gasteiger partial charge in [0.05, 0.1) is 19.3 Å². The number of carbonyl (C=O) groups is 2. The summed E-state index contributed by atoms with van der Waals surface area (Å²) in [4.78, 5) is 46.3. The number of ether oxygens (including phenoxy) is 2. The first kappa shape index (κ1) is 30.8. The highest BCUT2D eigenvalue weighted by atomic mass is 31.3. The van der Waals surface area contributed by atoms with Gasteiger partial charge in [0.15, 0.2) is 12.5 Å². The van der Waals surface area contributed by atoms with Crippen molar-refractivity contribution in [1.82, 2.24) is 10.2 Å². The van der Waals surface area contributed by atoms with Gasteiger partial charge >= 0.3 is 21.7 Å². The Morgan fingerprint density at radius 1 is 1.00 bits per heavy atom. The lowest BCUT2D eigenvalue weighted by atomic mass is 9.99. The van der Waals surface area contributed by atoms with E-state index >= 15 is 0 Å². The van der Waals surface area contributed by atoms with Crippen LogP contribution in [0.4, 0.5) is 4.79 Å². The van der Waals surface area contributed by atoms with Crippen LogP contribution in [0.1, 0.15) is 6.42 Å². The van der Waals surface area contributed by atoms with Crippen molar-refractivity contribution in [3.8, 4) is 0 Å². The molecule has 3 aliphatic rings. The fourth-order valence-corrected chi connectivity index (χ4v) is 5.85. The van der Waals surface area contributed by atoms with Gasteiger partial charge in [-0.15, -0.1) is 0 Å². The van der Waals surface area contributed by atoms with E-state index in [-0.39, 0.29) is 13.0 Å². The third-order valence-electron chi connectivity index (χ3n) is 5.57. The van der Waals surface area contributed by atoms with Crippen molar-refractivity contribution in [1.29, 1.82) is 0 Å². The van der Waals surface area contributed by atoms with Crippen LogP contribution in [-0.4, -0.2) is 127 Å². The molecule has 0 aliphatic carbocycles. The number of amides is 3. The van der Waals surface area contributed by atoms with Crippen LogP contribution in [0.25, 0.3) is 10.4 Å². The molecule has 3 rings (SSSR count). The molecule has 3 heterocycles. The average molecular weight is 593 g/mol. The van der Waals surface area contributed by atoms with E-state index in [2.05, 4.69) is 23.4 Å². The molecule has 8 N–H and O–H groups in total. The SMILES string of the molecule is [N-]=[N+]=NCC1OC(OP(=O)(O)OP(=O)(O)OCC2OC(N3CCC(=O)NC3=O)C(O)C2O)C(O)C(O)C1O. The number of azide groups is 1. The molecule has 23 heteroatoms. The van der Waals surface area contributed by atoms with E-state index in [9.17, 15) is 54.0 Å². The van der Waals surface area contributed by atoms with Crippen molar-refractivity contribution in [3.63, 3.8) is 0 Å². The minimum atomic E-state index is -5.62. The van der Waals surface area contributed by atoms with E-state index in [4.69, 9.17) is 15.0 Å². The molecule has 0 radical (unpaired) electrons. The summed E-state index contributed by atoms with van der Waals surface area (Å²) < 4.78 is 47.9. The van der Waals surface area contributed by atoms with Crippen LogP contribution in [0.5, 0.6) is 0 Å². The van der Waals surface area contributed by atoms with Gasteiger partial charge in [-0.1, -0.05) is 5.11 Å². The predicted octanol–water partition coefficient (Wildman–Crippen LogP) is -3.26. The van der Waals surface area contributed by atoms with Crippen LogP contribution in [0.2, 0.25) is 0 Å². The molecular formula is C15H25N5O16P2. The molecule has 0 spiro atoms. The third-order valence-corrected chi connectivity index (χ3v) is 8.17. The summed E-state index contributed by atoms with van der Waals surface area (Å²) in [5, 5.41) is 55.1. The number of aliphatic hydroxyl groups excluding tert-OH is 5. The van der Waals surface area contributed by atoms with Gasteiger partial charge in [0.2, 0.25) is 5.91 Å². The lowest BCUT2D eigenvalue weighted by Gasteiger charge is -2.39. The van der Waals surface area contributed by atoms with Gasteiger partial charge in [0.25, 0.3) is 0 Å². The third kappa shape index (κ3) is 7.24. The van der Waals surface area contributed by atoms with Crippen LogP contribution >= 0.6 is 15.6 Å². The predicted molar refractivity (Wildman–Crippen MR) is 114 cm³/mol. The Labute approximate surface area is 212 Å². The van der Waals surface area contributed by atoms with Gasteiger partial charge in [-0.25, -0.2) is 13.9 Å². The van der Waals surface area contributed by atoms with Crippen LogP contribution in [0, 0.1) is 0 Å². The van der Waals surface area contributed by atoms with Gasteiger partial charge in [0, 0.05) is 17.9 Å². The fourth-order valence-electron chi connectivity index (χ4n) is 3.69. The minimum Gasteiger partial charge on any atom is -0.388 e. The smallest absolute Gasteiger partial charge is 0.388 e. The standard InChI is InChI=1S/C15H25N5O16P2/c16-19-17-3-5-8(22)10(24)12(26)14(34-5)35-38(30,31)36-37(28,29)32-4-6-9(23)11(25)13(33-6)20-2-1-7(21)18-15(20)27/h5-6,8-14,22-26H,1-4H2,(H,28,29)(H,30,31)(H,18,21,27). The summed E-state index contributed by atoms with van der Waals surface area (Å²) in [6.45, 7) is -1.77. The molecule has 216 valence electrons. The van der Waals surface area contributed by atoms with Crippen molar-refractivity contribution >= 4 is 27.6 Å². The number of urea groups is 1. The number of nitrogens with one attached hydrogen (secondary N) is 1. The lowest BCUT2D eigenvalue weighted by molar-refractivity contribution is -0.272. The topological polar surface area (TPSA) is 320 Å². The van der Waals surface area contributed by atoms with Gasteiger partial charge in [-0.05, 0) is 5.53 Å². The highest BCUT2D eigenvalue weighted by Gasteiger charge is 2.50. The van der Waals surface area contributed by atoms with Crippen LogP contribution in [0.3, 0.4) is 0 Å². The van der Waals surface area contributed by atoms with Crippen molar-refractivity contribution in [2.24, 2.45) is 5.11 Å². The van der Waals surface area contributed by atoms with Crippen molar-refractivity contribution in [2.45, 2.75) is 61.7 Å². The Balaban J connectivity index is 1.58. The number of nitrogens with zero attached hydrogens (tertiary/aromatic N) is 4. The Morgan fingerprint density at radius 3 is 2.29 bits per heavy atom. The van der Waals surface area contributed by atoms with Gasteiger partial charge in [-0.3, -0.25) is 24.1 Å². The summed E-state index contributed by atoms with van der Waals surface area (Å²) in [7, 11) is -11.1. The molecule has 0 aromatic rings. The molecule has 0 aromatic heterocycles.